The van der Waals surface area contributed by atoms with Gasteiger partial charge in [0.1, 0.15) is 12.4 Å². The Labute approximate surface area is 215 Å². The third-order valence-corrected chi connectivity index (χ3v) is 7.43. The lowest BCUT2D eigenvalue weighted by atomic mass is 10.1. The van der Waals surface area contributed by atoms with Gasteiger partial charge in [-0.15, -0.1) is 0 Å². The van der Waals surface area contributed by atoms with E-state index in [2.05, 4.69) is 27.9 Å². The van der Waals surface area contributed by atoms with Crippen LogP contribution in [0.3, 0.4) is 0 Å². The molecule has 0 aliphatic carbocycles. The van der Waals surface area contributed by atoms with Crippen LogP contribution in [0.2, 0.25) is 0 Å². The lowest BCUT2D eigenvalue weighted by Gasteiger charge is -2.24. The van der Waals surface area contributed by atoms with Gasteiger partial charge < -0.3 is 10.1 Å². The molecule has 0 aliphatic rings. The molecule has 0 saturated carbocycles. The molecule has 3 aromatic rings. The number of carbonyl (C=O) groups is 1. The highest BCUT2D eigenvalue weighted by molar-refractivity contribution is 14.1. The van der Waals surface area contributed by atoms with E-state index in [4.69, 9.17) is 4.74 Å². The molecule has 0 heterocycles. The zero-order valence-electron chi connectivity index (χ0n) is 19.0. The minimum absolute atomic E-state index is 0.0189. The van der Waals surface area contributed by atoms with E-state index in [1.165, 1.54) is 12.1 Å². The van der Waals surface area contributed by atoms with Gasteiger partial charge in [0.15, 0.2) is 0 Å². The molecule has 0 aliphatic heterocycles. The number of halogens is 4. The van der Waals surface area contributed by atoms with E-state index in [1.807, 2.05) is 32.0 Å². The van der Waals surface area contributed by atoms with Crippen LogP contribution >= 0.6 is 22.6 Å². The molecule has 0 spiro atoms. The highest BCUT2D eigenvalue weighted by Crippen LogP contribution is 2.37. The van der Waals surface area contributed by atoms with Crippen LogP contribution in [0.5, 0.6) is 5.75 Å². The molecule has 186 valence electrons. The maximum Gasteiger partial charge on any atom is 0.516 e. The number of benzene rings is 3. The van der Waals surface area contributed by atoms with E-state index in [9.17, 15) is 26.4 Å². The number of carbonyl (C=O) groups excluding carboxylic acids is 1. The second-order valence-corrected chi connectivity index (χ2v) is 11.0. The van der Waals surface area contributed by atoms with Crippen LogP contribution in [0, 0.1) is 17.4 Å². The topological polar surface area (TPSA) is 75.7 Å². The summed E-state index contributed by atoms with van der Waals surface area (Å²) in [6.07, 6.45) is 0. The number of nitrogens with zero attached hydrogens (tertiary/aromatic N) is 1. The maximum atomic E-state index is 13.2. The van der Waals surface area contributed by atoms with Gasteiger partial charge in [0, 0.05) is 27.9 Å². The Morgan fingerprint density at radius 2 is 1.69 bits per heavy atom. The van der Waals surface area contributed by atoms with Crippen LogP contribution < -0.4 is 14.4 Å². The monoisotopic (exact) mass is 618 g/mol. The molecule has 35 heavy (non-hydrogen) atoms. The van der Waals surface area contributed by atoms with E-state index in [0.717, 1.165) is 33.4 Å². The number of sulfonamides is 1. The predicted molar refractivity (Wildman–Crippen MR) is 137 cm³/mol. The molecule has 0 unspecified atom stereocenters. The number of anilines is 2. The standard InChI is InChI=1S/C24H22F3IN2O4S/c1-15-4-5-16(2)18(12-15)14-34-22-13-20(29-23(31)17-6-8-19(28)9-7-17)10-11-21(22)30(3)35(32,33)24(25,26)27/h4-13H,14H2,1-3H3,(H,29,31). The third kappa shape index (κ3) is 6.26. The molecule has 11 heteroatoms. The molecule has 6 nitrogen and oxygen atoms in total. The van der Waals surface area contributed by atoms with Crippen LogP contribution in [0.25, 0.3) is 0 Å². The Kier molecular flexibility index (Phi) is 8.00. The van der Waals surface area contributed by atoms with Gasteiger partial charge in [0.2, 0.25) is 0 Å². The van der Waals surface area contributed by atoms with Crippen LogP contribution in [0.1, 0.15) is 27.0 Å². The van der Waals surface area contributed by atoms with Gasteiger partial charge in [0.05, 0.1) is 5.69 Å². The Morgan fingerprint density at radius 1 is 1.03 bits per heavy atom. The predicted octanol–water partition coefficient (Wildman–Crippen LogP) is 6.03. The van der Waals surface area contributed by atoms with Gasteiger partial charge >= 0.3 is 15.5 Å². The summed E-state index contributed by atoms with van der Waals surface area (Å²) in [4.78, 5) is 12.6. The van der Waals surface area contributed by atoms with Crippen molar-refractivity contribution < 1.29 is 31.1 Å². The Hall–Kier alpha value is -2.80. The molecule has 0 bridgehead atoms. The fourth-order valence-corrected chi connectivity index (χ4v) is 4.25. The number of amides is 1. The summed E-state index contributed by atoms with van der Waals surface area (Å²) in [7, 11) is -4.87. The first-order chi connectivity index (χ1) is 16.3. The number of hydrogen-bond donors (Lipinski definition) is 1. The summed E-state index contributed by atoms with van der Waals surface area (Å²) >= 11 is 2.11. The zero-order chi connectivity index (χ0) is 26.0. The van der Waals surface area contributed by atoms with Crippen molar-refractivity contribution in [3.63, 3.8) is 0 Å². The van der Waals surface area contributed by atoms with E-state index in [1.54, 1.807) is 24.3 Å². The summed E-state index contributed by atoms with van der Waals surface area (Å²) in [6, 6.07) is 16.2. The smallest absolute Gasteiger partial charge is 0.487 e. The van der Waals surface area contributed by atoms with Crippen molar-refractivity contribution >= 4 is 49.9 Å². The molecule has 3 aromatic carbocycles. The Bertz CT molecular complexity index is 1340. The molecule has 1 amide bonds. The largest absolute Gasteiger partial charge is 0.516 e. The van der Waals surface area contributed by atoms with Gasteiger partial charge in [0.25, 0.3) is 5.91 Å². The van der Waals surface area contributed by atoms with Gasteiger partial charge in [-0.05, 0) is 84.0 Å². The van der Waals surface area contributed by atoms with Gasteiger partial charge in [-0.1, -0.05) is 23.8 Å². The summed E-state index contributed by atoms with van der Waals surface area (Å²) < 4.78 is 70.5. The van der Waals surface area contributed by atoms with Crippen LogP contribution in [0.4, 0.5) is 24.5 Å². The second kappa shape index (κ2) is 10.4. The van der Waals surface area contributed by atoms with Crippen LogP contribution in [-0.2, 0) is 16.6 Å². The number of ether oxygens (including phenoxy) is 1. The molecule has 0 aromatic heterocycles. The first kappa shape index (κ1) is 26.8. The quantitative estimate of drug-likeness (QED) is 0.329. The molecular formula is C24H22F3IN2O4S. The van der Waals surface area contributed by atoms with Gasteiger partial charge in [-0.25, -0.2) is 0 Å². The van der Waals surface area contributed by atoms with Crippen molar-refractivity contribution in [2.75, 3.05) is 16.7 Å². The summed E-state index contributed by atoms with van der Waals surface area (Å²) in [5.74, 6) is -0.576. The first-order valence-electron chi connectivity index (χ1n) is 10.2. The third-order valence-electron chi connectivity index (χ3n) is 5.20. The first-order valence-corrected chi connectivity index (χ1v) is 12.8. The fraction of sp³-hybridized carbons (Fsp3) is 0.208. The van der Waals surface area contributed by atoms with Crippen molar-refractivity contribution in [3.05, 3.63) is 86.5 Å². The van der Waals surface area contributed by atoms with Crippen LogP contribution in [-0.4, -0.2) is 26.9 Å². The van der Waals surface area contributed by atoms with Crippen molar-refractivity contribution in [1.29, 1.82) is 0 Å². The average Bonchev–Trinajstić information content (AvgIpc) is 2.79. The van der Waals surface area contributed by atoms with Crippen molar-refractivity contribution in [1.82, 2.24) is 0 Å². The number of nitrogens with one attached hydrogen (secondary N) is 1. The number of aryl methyl sites for hydroxylation is 2. The van der Waals surface area contributed by atoms with Crippen LogP contribution in [0.15, 0.2) is 60.7 Å². The van der Waals surface area contributed by atoms with Crippen molar-refractivity contribution in [2.45, 2.75) is 26.0 Å². The second-order valence-electron chi connectivity index (χ2n) is 7.78. The SMILES string of the molecule is Cc1ccc(C)c(COc2cc(NC(=O)c3ccc(I)cc3)ccc2N(C)S(=O)(=O)C(F)(F)F)c1. The molecule has 3 rings (SSSR count). The molecule has 0 radical (unpaired) electrons. The number of rotatable bonds is 7. The molecule has 1 N–H and O–H groups in total. The Morgan fingerprint density at radius 3 is 2.31 bits per heavy atom. The molecule has 0 atom stereocenters. The van der Waals surface area contributed by atoms with Crippen molar-refractivity contribution in [2.24, 2.45) is 0 Å². The summed E-state index contributed by atoms with van der Waals surface area (Å²) in [5.41, 5.74) is -2.56. The zero-order valence-corrected chi connectivity index (χ0v) is 22.0. The maximum absolute atomic E-state index is 13.2. The number of alkyl halides is 3. The van der Waals surface area contributed by atoms with E-state index in [-0.39, 0.29) is 28.0 Å². The fourth-order valence-electron chi connectivity index (χ4n) is 3.17. The van der Waals surface area contributed by atoms with Crippen molar-refractivity contribution in [3.8, 4) is 5.75 Å². The minimum Gasteiger partial charge on any atom is -0.487 e. The minimum atomic E-state index is -5.67. The van der Waals surface area contributed by atoms with E-state index >= 15 is 0 Å². The summed E-state index contributed by atoms with van der Waals surface area (Å²) in [6.45, 7) is 3.73. The highest BCUT2D eigenvalue weighted by atomic mass is 127. The number of hydrogen-bond acceptors (Lipinski definition) is 4. The lowest BCUT2D eigenvalue weighted by Crippen LogP contribution is -2.38. The van der Waals surface area contributed by atoms with E-state index in [0.29, 0.717) is 5.56 Å². The van der Waals surface area contributed by atoms with Gasteiger partial charge in [-0.2, -0.15) is 21.6 Å². The Balaban J connectivity index is 1.97. The van der Waals surface area contributed by atoms with E-state index < -0.39 is 21.4 Å². The normalized spacial score (nSPS) is 11.7. The molecular weight excluding hydrogens is 596 g/mol. The average molecular weight is 618 g/mol. The molecule has 0 saturated heterocycles. The summed E-state index contributed by atoms with van der Waals surface area (Å²) in [5, 5.41) is 2.66. The highest BCUT2D eigenvalue weighted by Gasteiger charge is 2.49. The lowest BCUT2D eigenvalue weighted by molar-refractivity contribution is -0.0437. The van der Waals surface area contributed by atoms with Gasteiger partial charge in [-0.3, -0.25) is 9.10 Å². The molecule has 0 fully saturated rings.